The Morgan fingerprint density at radius 3 is 2.53 bits per heavy atom. The van der Waals surface area contributed by atoms with Gasteiger partial charge in [0.25, 0.3) is 0 Å². The van der Waals surface area contributed by atoms with Crippen LogP contribution in [0.25, 0.3) is 0 Å². The fourth-order valence-corrected chi connectivity index (χ4v) is 2.00. The summed E-state index contributed by atoms with van der Waals surface area (Å²) in [6.07, 6.45) is -1.09. The summed E-state index contributed by atoms with van der Waals surface area (Å²) >= 11 is 3.16. The monoisotopic (exact) mass is 333 g/mol. The van der Waals surface area contributed by atoms with Crippen LogP contribution < -0.4 is 4.74 Å². The third kappa shape index (κ3) is 4.45. The molecule has 1 aromatic carbocycles. The Bertz CT molecular complexity index is 462. The van der Waals surface area contributed by atoms with Crippen molar-refractivity contribution in [1.29, 1.82) is 0 Å². The second kappa shape index (κ2) is 6.83. The Hall–Kier alpha value is -1.18. The SMILES string of the molecule is CC(O)CCOc1c([C@@H](C)O)cc(Br)cc1[N+](=O)[O-]. The van der Waals surface area contributed by atoms with Crippen LogP contribution in [-0.4, -0.2) is 27.8 Å². The number of nitro groups is 1. The molecule has 0 aliphatic rings. The van der Waals surface area contributed by atoms with Crippen molar-refractivity contribution in [2.24, 2.45) is 0 Å². The summed E-state index contributed by atoms with van der Waals surface area (Å²) in [5, 5.41) is 29.9. The van der Waals surface area contributed by atoms with Crippen molar-refractivity contribution < 1.29 is 19.9 Å². The number of hydrogen-bond acceptors (Lipinski definition) is 5. The molecule has 0 bridgehead atoms. The summed E-state index contributed by atoms with van der Waals surface area (Å²) in [6.45, 7) is 3.25. The minimum atomic E-state index is -0.891. The maximum Gasteiger partial charge on any atom is 0.312 e. The lowest BCUT2D eigenvalue weighted by Gasteiger charge is -2.14. The maximum atomic E-state index is 11.0. The zero-order valence-corrected chi connectivity index (χ0v) is 12.3. The van der Waals surface area contributed by atoms with E-state index >= 15 is 0 Å². The van der Waals surface area contributed by atoms with Crippen LogP contribution in [0.1, 0.15) is 31.9 Å². The molecule has 7 heteroatoms. The van der Waals surface area contributed by atoms with E-state index in [9.17, 15) is 15.2 Å². The first kappa shape index (κ1) is 15.9. The van der Waals surface area contributed by atoms with Crippen LogP contribution >= 0.6 is 15.9 Å². The first-order valence-corrected chi connectivity index (χ1v) is 6.59. The summed E-state index contributed by atoms with van der Waals surface area (Å²) < 4.78 is 5.87. The lowest BCUT2D eigenvalue weighted by molar-refractivity contribution is -0.386. The summed E-state index contributed by atoms with van der Waals surface area (Å²) in [5.74, 6) is 0.0452. The number of rotatable bonds is 6. The van der Waals surface area contributed by atoms with Gasteiger partial charge in [-0.3, -0.25) is 10.1 Å². The minimum Gasteiger partial charge on any atom is -0.486 e. The van der Waals surface area contributed by atoms with Gasteiger partial charge in [-0.2, -0.15) is 0 Å². The average Bonchev–Trinajstić information content (AvgIpc) is 2.29. The Labute approximate surface area is 119 Å². The topological polar surface area (TPSA) is 92.8 Å². The van der Waals surface area contributed by atoms with E-state index in [0.717, 1.165) is 0 Å². The van der Waals surface area contributed by atoms with E-state index in [1.165, 1.54) is 13.0 Å². The molecule has 0 radical (unpaired) electrons. The third-order valence-corrected chi connectivity index (χ3v) is 2.95. The molecule has 106 valence electrons. The summed E-state index contributed by atoms with van der Waals surface area (Å²) in [4.78, 5) is 10.5. The van der Waals surface area contributed by atoms with Gasteiger partial charge in [-0.25, -0.2) is 0 Å². The molecule has 2 atom stereocenters. The molecule has 0 aliphatic carbocycles. The molecule has 0 aromatic heterocycles. The van der Waals surface area contributed by atoms with Crippen LogP contribution in [0.3, 0.4) is 0 Å². The maximum absolute atomic E-state index is 11.0. The predicted octanol–water partition coefficient (Wildman–Crippen LogP) is 2.56. The van der Waals surface area contributed by atoms with E-state index in [1.54, 1.807) is 13.0 Å². The van der Waals surface area contributed by atoms with Gasteiger partial charge < -0.3 is 14.9 Å². The molecule has 0 saturated carbocycles. The van der Waals surface area contributed by atoms with Gasteiger partial charge in [0.05, 0.1) is 23.7 Å². The van der Waals surface area contributed by atoms with Crippen molar-refractivity contribution in [3.8, 4) is 5.75 Å². The molecule has 0 saturated heterocycles. The molecule has 0 amide bonds. The molecule has 0 heterocycles. The van der Waals surface area contributed by atoms with Gasteiger partial charge in [-0.1, -0.05) is 15.9 Å². The number of ether oxygens (including phenoxy) is 1. The smallest absolute Gasteiger partial charge is 0.312 e. The second-order valence-corrected chi connectivity index (χ2v) is 5.18. The molecule has 6 nitrogen and oxygen atoms in total. The molecule has 2 N–H and O–H groups in total. The number of nitrogens with zero attached hydrogens (tertiary/aromatic N) is 1. The summed E-state index contributed by atoms with van der Waals surface area (Å²) in [5.41, 5.74) is 0.127. The van der Waals surface area contributed by atoms with E-state index in [1.807, 2.05) is 0 Å². The largest absolute Gasteiger partial charge is 0.486 e. The van der Waals surface area contributed by atoms with E-state index in [0.29, 0.717) is 16.5 Å². The minimum absolute atomic E-state index is 0.0452. The van der Waals surface area contributed by atoms with Crippen molar-refractivity contribution in [3.63, 3.8) is 0 Å². The fourth-order valence-electron chi connectivity index (χ4n) is 1.53. The number of halogens is 1. The molecule has 1 aromatic rings. The highest BCUT2D eigenvalue weighted by atomic mass is 79.9. The summed E-state index contributed by atoms with van der Waals surface area (Å²) in [6, 6.07) is 2.90. The number of nitro benzene ring substituents is 1. The lowest BCUT2D eigenvalue weighted by Crippen LogP contribution is -2.10. The van der Waals surface area contributed by atoms with Gasteiger partial charge in [0.1, 0.15) is 0 Å². The van der Waals surface area contributed by atoms with Crippen molar-refractivity contribution >= 4 is 21.6 Å². The highest BCUT2D eigenvalue weighted by molar-refractivity contribution is 9.10. The molecule has 1 rings (SSSR count). The normalized spacial score (nSPS) is 13.9. The van der Waals surface area contributed by atoms with Crippen molar-refractivity contribution in [1.82, 2.24) is 0 Å². The fraction of sp³-hybridized carbons (Fsp3) is 0.500. The van der Waals surface area contributed by atoms with E-state index in [4.69, 9.17) is 9.84 Å². The lowest BCUT2D eigenvalue weighted by atomic mass is 10.1. The molecular formula is C12H16BrNO5. The standard InChI is InChI=1S/C12H16BrNO5/c1-7(15)3-4-19-12-10(8(2)16)5-9(13)6-11(12)14(17)18/h5-8,15-16H,3-4H2,1-2H3/t7?,8-/m1/s1. The number of aliphatic hydroxyl groups excluding tert-OH is 2. The van der Waals surface area contributed by atoms with Crippen LogP contribution in [0.5, 0.6) is 5.75 Å². The van der Waals surface area contributed by atoms with Crippen molar-refractivity contribution in [2.75, 3.05) is 6.61 Å². The van der Waals surface area contributed by atoms with Gasteiger partial charge in [0.2, 0.25) is 5.75 Å². The first-order chi connectivity index (χ1) is 8.82. The highest BCUT2D eigenvalue weighted by Crippen LogP contribution is 2.37. The zero-order chi connectivity index (χ0) is 14.6. The Morgan fingerprint density at radius 1 is 1.42 bits per heavy atom. The number of benzene rings is 1. The first-order valence-electron chi connectivity index (χ1n) is 5.79. The Morgan fingerprint density at radius 2 is 2.05 bits per heavy atom. The van der Waals surface area contributed by atoms with Crippen LogP contribution in [0.15, 0.2) is 16.6 Å². The van der Waals surface area contributed by atoms with Gasteiger partial charge in [0.15, 0.2) is 0 Å². The molecular weight excluding hydrogens is 318 g/mol. The third-order valence-electron chi connectivity index (χ3n) is 2.49. The quantitative estimate of drug-likeness (QED) is 0.616. The molecule has 19 heavy (non-hydrogen) atoms. The van der Waals surface area contributed by atoms with Crippen LogP contribution in [0, 0.1) is 10.1 Å². The van der Waals surface area contributed by atoms with E-state index in [2.05, 4.69) is 15.9 Å². The Balaban J connectivity index is 3.12. The van der Waals surface area contributed by atoms with Gasteiger partial charge in [0, 0.05) is 22.5 Å². The van der Waals surface area contributed by atoms with Gasteiger partial charge >= 0.3 is 5.69 Å². The molecule has 0 aliphatic heterocycles. The van der Waals surface area contributed by atoms with Crippen LogP contribution in [0.4, 0.5) is 5.69 Å². The van der Waals surface area contributed by atoms with Crippen LogP contribution in [-0.2, 0) is 0 Å². The molecule has 1 unspecified atom stereocenters. The van der Waals surface area contributed by atoms with Gasteiger partial charge in [-0.05, 0) is 19.9 Å². The number of aliphatic hydroxyl groups is 2. The van der Waals surface area contributed by atoms with Crippen LogP contribution in [0.2, 0.25) is 0 Å². The number of hydrogen-bond donors (Lipinski definition) is 2. The van der Waals surface area contributed by atoms with E-state index < -0.39 is 17.1 Å². The highest BCUT2D eigenvalue weighted by Gasteiger charge is 2.23. The summed E-state index contributed by atoms with van der Waals surface area (Å²) in [7, 11) is 0. The Kier molecular flexibility index (Phi) is 5.71. The van der Waals surface area contributed by atoms with E-state index in [-0.39, 0.29) is 18.0 Å². The average molecular weight is 334 g/mol. The second-order valence-electron chi connectivity index (χ2n) is 4.26. The van der Waals surface area contributed by atoms with Crippen molar-refractivity contribution in [2.45, 2.75) is 32.5 Å². The molecule has 0 spiro atoms. The predicted molar refractivity (Wildman–Crippen MR) is 73.2 cm³/mol. The zero-order valence-electron chi connectivity index (χ0n) is 10.7. The van der Waals surface area contributed by atoms with Gasteiger partial charge in [-0.15, -0.1) is 0 Å². The van der Waals surface area contributed by atoms with Crippen molar-refractivity contribution in [3.05, 3.63) is 32.3 Å². The molecule has 0 fully saturated rings.